The van der Waals surface area contributed by atoms with E-state index in [-0.39, 0.29) is 11.9 Å². The van der Waals surface area contributed by atoms with Crippen LogP contribution in [0.2, 0.25) is 0 Å². The second-order valence-corrected chi connectivity index (χ2v) is 3.46. The predicted octanol–water partition coefficient (Wildman–Crippen LogP) is 1.55. The molecule has 12 heavy (non-hydrogen) atoms. The largest absolute Gasteiger partial charge is 0.329 e. The molecule has 66 valence electrons. The average Bonchev–Trinajstić information content (AvgIpc) is 2.01. The summed E-state index contributed by atoms with van der Waals surface area (Å²) in [6, 6.07) is 4.24. The minimum absolute atomic E-state index is 0.294. The summed E-state index contributed by atoms with van der Waals surface area (Å²) in [5, 5.41) is 0. The van der Waals surface area contributed by atoms with Crippen LogP contribution in [-0.2, 0) is 0 Å². The molecule has 0 unspecified atom stereocenters. The van der Waals surface area contributed by atoms with Crippen LogP contribution in [-0.4, -0.2) is 6.54 Å². The predicted molar refractivity (Wildman–Crippen MR) is 50.1 cm³/mol. The van der Waals surface area contributed by atoms with Crippen LogP contribution >= 0.6 is 15.9 Å². The van der Waals surface area contributed by atoms with Crippen LogP contribution in [0.3, 0.4) is 0 Å². The molecule has 0 spiro atoms. The van der Waals surface area contributed by atoms with E-state index >= 15 is 0 Å². The van der Waals surface area contributed by atoms with Gasteiger partial charge in [-0.1, -0.05) is 15.9 Å². The summed E-state index contributed by atoms with van der Waals surface area (Å²) < 4.78 is 13.5. The molecule has 0 aliphatic rings. The van der Waals surface area contributed by atoms with Crippen molar-refractivity contribution in [3.05, 3.63) is 34.1 Å². The maximum absolute atomic E-state index is 12.8. The molecule has 0 amide bonds. The minimum atomic E-state index is -0.303. The van der Waals surface area contributed by atoms with Crippen molar-refractivity contribution in [3.63, 3.8) is 0 Å². The summed E-state index contributed by atoms with van der Waals surface area (Å²) in [7, 11) is 0. The fraction of sp³-hybridized carbons (Fsp3) is 0.250. The van der Waals surface area contributed by atoms with Gasteiger partial charge in [0.2, 0.25) is 0 Å². The lowest BCUT2D eigenvalue weighted by atomic mass is 10.1. The first-order valence-electron chi connectivity index (χ1n) is 3.55. The summed E-state index contributed by atoms with van der Waals surface area (Å²) in [6.07, 6.45) is 0. The molecule has 0 saturated carbocycles. The van der Waals surface area contributed by atoms with Gasteiger partial charge in [0.25, 0.3) is 0 Å². The number of nitrogens with two attached hydrogens (primary N) is 2. The molecule has 0 aliphatic heterocycles. The Morgan fingerprint density at radius 3 is 2.58 bits per heavy atom. The molecule has 0 aliphatic carbocycles. The monoisotopic (exact) mass is 232 g/mol. The van der Waals surface area contributed by atoms with Gasteiger partial charge in [-0.3, -0.25) is 0 Å². The number of hydrogen-bond acceptors (Lipinski definition) is 2. The molecule has 4 heteroatoms. The molecule has 0 radical (unpaired) electrons. The van der Waals surface area contributed by atoms with Gasteiger partial charge in [-0.15, -0.1) is 0 Å². The lowest BCUT2D eigenvalue weighted by Gasteiger charge is -2.09. The van der Waals surface area contributed by atoms with Crippen molar-refractivity contribution >= 4 is 15.9 Å². The van der Waals surface area contributed by atoms with Crippen molar-refractivity contribution in [1.82, 2.24) is 0 Å². The summed E-state index contributed by atoms with van der Waals surface area (Å²) in [5.74, 6) is -0.303. The zero-order valence-electron chi connectivity index (χ0n) is 6.43. The second-order valence-electron chi connectivity index (χ2n) is 2.54. The Kier molecular flexibility index (Phi) is 3.20. The molecule has 4 N–H and O–H groups in total. The van der Waals surface area contributed by atoms with E-state index in [1.165, 1.54) is 12.1 Å². The van der Waals surface area contributed by atoms with Gasteiger partial charge in [-0.05, 0) is 23.8 Å². The molecule has 1 rings (SSSR count). The molecule has 1 atom stereocenters. The van der Waals surface area contributed by atoms with Crippen LogP contribution in [0.5, 0.6) is 0 Å². The Morgan fingerprint density at radius 1 is 1.42 bits per heavy atom. The Hall–Kier alpha value is -0.450. The molecule has 0 aromatic heterocycles. The first-order chi connectivity index (χ1) is 5.63. The lowest BCUT2D eigenvalue weighted by molar-refractivity contribution is 0.619. The molecular formula is C8H10BrFN2. The molecule has 0 saturated heterocycles. The van der Waals surface area contributed by atoms with E-state index in [1.54, 1.807) is 6.07 Å². The fourth-order valence-electron chi connectivity index (χ4n) is 0.925. The highest BCUT2D eigenvalue weighted by Crippen LogP contribution is 2.18. The van der Waals surface area contributed by atoms with E-state index in [4.69, 9.17) is 11.5 Å². The van der Waals surface area contributed by atoms with Crippen molar-refractivity contribution in [2.45, 2.75) is 6.04 Å². The SMILES string of the molecule is NC[C@H](N)c1cc(F)cc(Br)c1. The highest BCUT2D eigenvalue weighted by molar-refractivity contribution is 9.10. The second kappa shape index (κ2) is 3.98. The van der Waals surface area contributed by atoms with E-state index in [0.717, 1.165) is 0 Å². The zero-order valence-corrected chi connectivity index (χ0v) is 8.01. The third kappa shape index (κ3) is 2.27. The zero-order chi connectivity index (χ0) is 9.14. The normalized spacial score (nSPS) is 13.0. The Labute approximate surface area is 78.9 Å². The number of rotatable bonds is 2. The van der Waals surface area contributed by atoms with Crippen LogP contribution in [0.1, 0.15) is 11.6 Å². The molecule has 0 bridgehead atoms. The Bertz CT molecular complexity index is 258. The van der Waals surface area contributed by atoms with Crippen molar-refractivity contribution in [3.8, 4) is 0 Å². The van der Waals surface area contributed by atoms with Crippen LogP contribution in [0.15, 0.2) is 22.7 Å². The first-order valence-corrected chi connectivity index (χ1v) is 4.34. The van der Waals surface area contributed by atoms with Crippen LogP contribution in [0.25, 0.3) is 0 Å². The van der Waals surface area contributed by atoms with Crippen molar-refractivity contribution < 1.29 is 4.39 Å². The van der Waals surface area contributed by atoms with E-state index in [2.05, 4.69) is 15.9 Å². The van der Waals surface area contributed by atoms with Crippen molar-refractivity contribution in [1.29, 1.82) is 0 Å². The molecule has 0 heterocycles. The molecule has 1 aromatic carbocycles. The van der Waals surface area contributed by atoms with Gasteiger partial charge >= 0.3 is 0 Å². The van der Waals surface area contributed by atoms with Crippen LogP contribution < -0.4 is 11.5 Å². The summed E-state index contributed by atoms with van der Waals surface area (Å²) in [6.45, 7) is 0.315. The number of benzene rings is 1. The molecule has 1 aromatic rings. The summed E-state index contributed by atoms with van der Waals surface area (Å²) in [5.41, 5.74) is 11.7. The fourth-order valence-corrected chi connectivity index (χ4v) is 1.41. The third-order valence-corrected chi connectivity index (χ3v) is 2.02. The van der Waals surface area contributed by atoms with E-state index < -0.39 is 0 Å². The topological polar surface area (TPSA) is 52.0 Å². The molecule has 0 fully saturated rings. The Balaban J connectivity index is 3.00. The van der Waals surface area contributed by atoms with E-state index in [0.29, 0.717) is 16.6 Å². The summed E-state index contributed by atoms with van der Waals surface area (Å²) in [4.78, 5) is 0. The van der Waals surface area contributed by atoms with E-state index in [9.17, 15) is 4.39 Å². The standard InChI is InChI=1S/C8H10BrFN2/c9-6-1-5(8(12)4-11)2-7(10)3-6/h1-3,8H,4,11-12H2/t8-/m0/s1. The van der Waals surface area contributed by atoms with Crippen LogP contribution in [0.4, 0.5) is 4.39 Å². The maximum Gasteiger partial charge on any atom is 0.124 e. The lowest BCUT2D eigenvalue weighted by Crippen LogP contribution is -2.20. The smallest absolute Gasteiger partial charge is 0.124 e. The van der Waals surface area contributed by atoms with Gasteiger partial charge in [0.05, 0.1) is 0 Å². The maximum atomic E-state index is 12.8. The van der Waals surface area contributed by atoms with Crippen LogP contribution in [0, 0.1) is 5.82 Å². The van der Waals surface area contributed by atoms with Crippen molar-refractivity contribution in [2.75, 3.05) is 6.54 Å². The van der Waals surface area contributed by atoms with Crippen molar-refractivity contribution in [2.24, 2.45) is 11.5 Å². The van der Waals surface area contributed by atoms with E-state index in [1.807, 2.05) is 0 Å². The van der Waals surface area contributed by atoms with Gasteiger partial charge in [0, 0.05) is 17.1 Å². The third-order valence-electron chi connectivity index (χ3n) is 1.57. The number of halogens is 2. The van der Waals surface area contributed by atoms with Gasteiger partial charge < -0.3 is 11.5 Å². The van der Waals surface area contributed by atoms with Gasteiger partial charge in [0.15, 0.2) is 0 Å². The summed E-state index contributed by atoms with van der Waals surface area (Å²) >= 11 is 3.17. The van der Waals surface area contributed by atoms with Gasteiger partial charge in [-0.2, -0.15) is 0 Å². The minimum Gasteiger partial charge on any atom is -0.329 e. The van der Waals surface area contributed by atoms with Gasteiger partial charge in [0.1, 0.15) is 5.82 Å². The van der Waals surface area contributed by atoms with Gasteiger partial charge in [-0.25, -0.2) is 4.39 Å². The number of hydrogen-bond donors (Lipinski definition) is 2. The first kappa shape index (κ1) is 9.64. The molecule has 2 nitrogen and oxygen atoms in total. The highest BCUT2D eigenvalue weighted by atomic mass is 79.9. The highest BCUT2D eigenvalue weighted by Gasteiger charge is 2.05. The quantitative estimate of drug-likeness (QED) is 0.814. The Morgan fingerprint density at radius 2 is 2.08 bits per heavy atom. The average molecular weight is 233 g/mol. The molecular weight excluding hydrogens is 223 g/mol.